The number of aliphatic hydroxyl groups excluding tert-OH is 1. The standard InChI is InChI=1S/C16H15NO3S/c18-8-2-5-14-6-7-15(21-14)11-17-16(20)10-12-3-1-4-13(19)9-12/h1,3-4,6-7,9,18-19H,8,10-11H2,(H,17,20). The maximum atomic E-state index is 11.8. The van der Waals surface area contributed by atoms with Crippen molar-refractivity contribution < 1.29 is 15.0 Å². The fraction of sp³-hybridized carbons (Fsp3) is 0.188. The summed E-state index contributed by atoms with van der Waals surface area (Å²) in [6.07, 6.45) is 0.233. The Balaban J connectivity index is 1.85. The highest BCUT2D eigenvalue weighted by atomic mass is 32.1. The van der Waals surface area contributed by atoms with Crippen LogP contribution >= 0.6 is 11.3 Å². The number of carbonyl (C=O) groups excluding carboxylic acids is 1. The van der Waals surface area contributed by atoms with Crippen LogP contribution in [-0.4, -0.2) is 22.7 Å². The van der Waals surface area contributed by atoms with E-state index in [2.05, 4.69) is 17.2 Å². The summed E-state index contributed by atoms with van der Waals surface area (Å²) in [5.41, 5.74) is 0.771. The molecule has 0 radical (unpaired) electrons. The van der Waals surface area contributed by atoms with E-state index in [1.807, 2.05) is 12.1 Å². The molecule has 2 rings (SSSR count). The van der Waals surface area contributed by atoms with Crippen LogP contribution in [0.5, 0.6) is 5.75 Å². The molecule has 0 saturated heterocycles. The molecule has 21 heavy (non-hydrogen) atoms. The maximum Gasteiger partial charge on any atom is 0.224 e. The van der Waals surface area contributed by atoms with Crippen molar-refractivity contribution in [3.05, 3.63) is 51.7 Å². The van der Waals surface area contributed by atoms with Crippen LogP contribution in [-0.2, 0) is 17.8 Å². The lowest BCUT2D eigenvalue weighted by Crippen LogP contribution is -2.24. The van der Waals surface area contributed by atoms with Gasteiger partial charge in [0, 0.05) is 4.88 Å². The molecule has 1 amide bonds. The first-order chi connectivity index (χ1) is 10.2. The summed E-state index contributed by atoms with van der Waals surface area (Å²) in [6.45, 7) is 0.289. The van der Waals surface area contributed by atoms with E-state index in [1.54, 1.807) is 24.3 Å². The minimum Gasteiger partial charge on any atom is -0.508 e. The quantitative estimate of drug-likeness (QED) is 0.752. The van der Waals surface area contributed by atoms with Gasteiger partial charge in [-0.25, -0.2) is 0 Å². The predicted molar refractivity (Wildman–Crippen MR) is 81.9 cm³/mol. The molecule has 0 spiro atoms. The molecule has 2 aromatic rings. The van der Waals surface area contributed by atoms with Gasteiger partial charge >= 0.3 is 0 Å². The molecule has 0 aliphatic heterocycles. The van der Waals surface area contributed by atoms with Crippen LogP contribution in [0.3, 0.4) is 0 Å². The van der Waals surface area contributed by atoms with Gasteiger partial charge in [-0.2, -0.15) is 0 Å². The minimum absolute atomic E-state index is 0.100. The van der Waals surface area contributed by atoms with Gasteiger partial charge in [0.15, 0.2) is 0 Å². The van der Waals surface area contributed by atoms with Crippen LogP contribution in [0.15, 0.2) is 36.4 Å². The molecule has 0 aliphatic carbocycles. The van der Waals surface area contributed by atoms with Gasteiger partial charge in [-0.15, -0.1) is 11.3 Å². The van der Waals surface area contributed by atoms with Crippen molar-refractivity contribution in [2.75, 3.05) is 6.61 Å². The highest BCUT2D eigenvalue weighted by Gasteiger charge is 2.05. The van der Waals surface area contributed by atoms with Crippen LogP contribution in [0.25, 0.3) is 0 Å². The van der Waals surface area contributed by atoms with Gasteiger partial charge in [-0.1, -0.05) is 24.0 Å². The molecule has 0 aliphatic rings. The molecule has 1 heterocycles. The summed E-state index contributed by atoms with van der Waals surface area (Å²) < 4.78 is 0. The lowest BCUT2D eigenvalue weighted by molar-refractivity contribution is -0.120. The van der Waals surface area contributed by atoms with Gasteiger partial charge < -0.3 is 15.5 Å². The normalized spacial score (nSPS) is 9.76. The number of benzene rings is 1. The van der Waals surface area contributed by atoms with E-state index in [1.165, 1.54) is 11.3 Å². The minimum atomic E-state index is -0.159. The molecule has 5 heteroatoms. The van der Waals surface area contributed by atoms with Crippen molar-refractivity contribution in [2.45, 2.75) is 13.0 Å². The summed E-state index contributed by atoms with van der Waals surface area (Å²) in [4.78, 5) is 13.7. The van der Waals surface area contributed by atoms with Crippen LogP contribution in [0.4, 0.5) is 0 Å². The zero-order valence-electron chi connectivity index (χ0n) is 11.3. The van der Waals surface area contributed by atoms with Crippen molar-refractivity contribution in [2.24, 2.45) is 0 Å². The fourth-order valence-corrected chi connectivity index (χ4v) is 2.59. The average molecular weight is 301 g/mol. The molecular weight excluding hydrogens is 286 g/mol. The number of hydrogen-bond acceptors (Lipinski definition) is 4. The Hall–Kier alpha value is -2.29. The number of nitrogens with one attached hydrogen (secondary N) is 1. The lowest BCUT2D eigenvalue weighted by atomic mass is 10.1. The Kier molecular flexibility index (Phi) is 5.38. The molecule has 0 unspecified atom stereocenters. The Bertz CT molecular complexity index is 682. The molecular formula is C16H15NO3S. The third-order valence-electron chi connectivity index (χ3n) is 2.69. The zero-order valence-corrected chi connectivity index (χ0v) is 12.1. The number of amides is 1. The van der Waals surface area contributed by atoms with Gasteiger partial charge in [0.25, 0.3) is 0 Å². The smallest absolute Gasteiger partial charge is 0.224 e. The van der Waals surface area contributed by atoms with Gasteiger partial charge in [-0.3, -0.25) is 4.79 Å². The Morgan fingerprint density at radius 1 is 1.29 bits per heavy atom. The summed E-state index contributed by atoms with van der Waals surface area (Å²) in [7, 11) is 0. The average Bonchev–Trinajstić information content (AvgIpc) is 2.91. The Labute approximate surface area is 127 Å². The fourth-order valence-electron chi connectivity index (χ4n) is 1.77. The van der Waals surface area contributed by atoms with E-state index in [0.29, 0.717) is 6.54 Å². The lowest BCUT2D eigenvalue weighted by Gasteiger charge is -2.04. The second-order valence-corrected chi connectivity index (χ2v) is 5.52. The summed E-state index contributed by atoms with van der Waals surface area (Å²) in [6, 6.07) is 10.4. The van der Waals surface area contributed by atoms with E-state index in [0.717, 1.165) is 15.3 Å². The largest absolute Gasteiger partial charge is 0.508 e. The van der Waals surface area contributed by atoms with Crippen molar-refractivity contribution in [1.29, 1.82) is 0 Å². The number of aromatic hydroxyl groups is 1. The summed E-state index contributed by atoms with van der Waals surface area (Å²) in [5.74, 6) is 5.47. The van der Waals surface area contributed by atoms with Crippen LogP contribution in [0, 0.1) is 11.8 Å². The van der Waals surface area contributed by atoms with E-state index in [-0.39, 0.29) is 24.7 Å². The Morgan fingerprint density at radius 3 is 2.90 bits per heavy atom. The monoisotopic (exact) mass is 301 g/mol. The molecule has 1 aromatic carbocycles. The van der Waals surface area contributed by atoms with E-state index in [9.17, 15) is 9.90 Å². The molecule has 3 N–H and O–H groups in total. The van der Waals surface area contributed by atoms with Crippen LogP contribution < -0.4 is 5.32 Å². The van der Waals surface area contributed by atoms with Gasteiger partial charge in [0.05, 0.1) is 17.8 Å². The Morgan fingerprint density at radius 2 is 2.14 bits per heavy atom. The first-order valence-electron chi connectivity index (χ1n) is 6.40. The number of phenolic OH excluding ortho intramolecular Hbond substituents is 1. The van der Waals surface area contributed by atoms with Crippen molar-refractivity contribution in [3.8, 4) is 17.6 Å². The second-order valence-electron chi connectivity index (χ2n) is 4.35. The number of aliphatic hydroxyl groups is 1. The number of rotatable bonds is 4. The molecule has 0 atom stereocenters. The summed E-state index contributed by atoms with van der Waals surface area (Å²) in [5, 5.41) is 20.8. The second kappa shape index (κ2) is 7.48. The highest BCUT2D eigenvalue weighted by Crippen LogP contribution is 2.15. The number of phenols is 1. The number of carbonyl (C=O) groups is 1. The van der Waals surface area contributed by atoms with Crippen molar-refractivity contribution >= 4 is 17.2 Å². The van der Waals surface area contributed by atoms with Crippen molar-refractivity contribution in [3.63, 3.8) is 0 Å². The first kappa shape index (κ1) is 15.1. The molecule has 1 aromatic heterocycles. The van der Waals surface area contributed by atoms with Gasteiger partial charge in [-0.05, 0) is 29.8 Å². The predicted octanol–water partition coefficient (Wildman–Crippen LogP) is 1.66. The molecule has 108 valence electrons. The number of hydrogen-bond donors (Lipinski definition) is 3. The SMILES string of the molecule is O=C(Cc1cccc(O)c1)NCc1ccc(C#CCO)s1. The first-order valence-corrected chi connectivity index (χ1v) is 7.22. The third-order valence-corrected chi connectivity index (χ3v) is 3.69. The van der Waals surface area contributed by atoms with E-state index < -0.39 is 0 Å². The topological polar surface area (TPSA) is 69.6 Å². The van der Waals surface area contributed by atoms with Crippen LogP contribution in [0.2, 0.25) is 0 Å². The molecule has 0 bridgehead atoms. The molecule has 0 fully saturated rings. The van der Waals surface area contributed by atoms with Crippen LogP contribution in [0.1, 0.15) is 15.3 Å². The van der Waals surface area contributed by atoms with Gasteiger partial charge in [0.2, 0.25) is 5.91 Å². The zero-order chi connectivity index (χ0) is 15.1. The third kappa shape index (κ3) is 4.95. The number of thiophene rings is 1. The highest BCUT2D eigenvalue weighted by molar-refractivity contribution is 7.12. The summed E-state index contributed by atoms with van der Waals surface area (Å²) >= 11 is 1.48. The van der Waals surface area contributed by atoms with Crippen molar-refractivity contribution in [1.82, 2.24) is 5.32 Å². The molecule has 4 nitrogen and oxygen atoms in total. The van der Waals surface area contributed by atoms with E-state index >= 15 is 0 Å². The molecule has 0 saturated carbocycles. The van der Waals surface area contributed by atoms with E-state index in [4.69, 9.17) is 5.11 Å². The maximum absolute atomic E-state index is 11.8. The van der Waals surface area contributed by atoms with Gasteiger partial charge in [0.1, 0.15) is 12.4 Å².